The minimum absolute atomic E-state index is 0.191. The minimum atomic E-state index is -0.438. The van der Waals surface area contributed by atoms with Crippen LogP contribution in [0, 0.1) is 0 Å². The van der Waals surface area contributed by atoms with Gasteiger partial charge in [-0.1, -0.05) is 20.9 Å². The average molecular weight is 343 g/mol. The van der Waals surface area contributed by atoms with Crippen molar-refractivity contribution < 1.29 is 14.2 Å². The largest absolute Gasteiger partial charge is 0.392 e. The van der Waals surface area contributed by atoms with Crippen molar-refractivity contribution in [2.45, 2.75) is 12.5 Å². The number of likely N-dealkylation sites (N-methyl/N-ethyl adjacent to an activating group) is 2. The molecular weight excluding hydrogens is 326 g/mol. The van der Waals surface area contributed by atoms with Gasteiger partial charge in [-0.15, -0.1) is 0 Å². The summed E-state index contributed by atoms with van der Waals surface area (Å²) in [7, 11) is 3.19. The number of hydrogen-bond donors (Lipinski definition) is 0. The Hall–Kier alpha value is -1.44. The lowest BCUT2D eigenvalue weighted by Crippen LogP contribution is -2.62. The zero-order valence-corrected chi connectivity index (χ0v) is 13.1. The van der Waals surface area contributed by atoms with Crippen molar-refractivity contribution >= 4 is 39.7 Å². The van der Waals surface area contributed by atoms with Crippen molar-refractivity contribution in [2.24, 2.45) is 4.99 Å². The molecule has 0 aliphatic carbocycles. The fourth-order valence-electron chi connectivity index (χ4n) is 2.86. The maximum Gasteiger partial charge on any atom is 0.392 e. The van der Waals surface area contributed by atoms with Gasteiger partial charge in [0.2, 0.25) is 11.9 Å². The highest BCUT2D eigenvalue weighted by atomic mass is 79.9. The molecule has 3 heterocycles. The van der Waals surface area contributed by atoms with Gasteiger partial charge in [-0.05, 0) is 6.42 Å². The molecule has 108 valence electrons. The standard InChI is InChI=1S/C12H17BrN5O2/c1-15-9-8(10(19)16(2)12(15)20)18-7-6-17(5-3-4-13)11(18)14-9/h8H,3-7H2,1-2H3/q+1. The Bertz CT molecular complexity index is 544. The molecule has 0 bridgehead atoms. The maximum atomic E-state index is 12.3. The number of hydrogen-bond acceptors (Lipinski definition) is 4. The molecule has 1 unspecified atom stereocenters. The molecule has 0 N–H and O–H groups in total. The second-order valence-corrected chi connectivity index (χ2v) is 5.93. The molecule has 1 saturated heterocycles. The van der Waals surface area contributed by atoms with Crippen LogP contribution in [0.25, 0.3) is 0 Å². The number of imide groups is 1. The van der Waals surface area contributed by atoms with Crippen molar-refractivity contribution in [3.05, 3.63) is 0 Å². The molecule has 1 atom stereocenters. The van der Waals surface area contributed by atoms with Gasteiger partial charge >= 0.3 is 12.0 Å². The van der Waals surface area contributed by atoms with Gasteiger partial charge in [0.25, 0.3) is 5.91 Å². The van der Waals surface area contributed by atoms with Gasteiger partial charge in [0.1, 0.15) is 0 Å². The fourth-order valence-corrected chi connectivity index (χ4v) is 3.11. The number of nitrogens with zero attached hydrogens (tertiary/aromatic N) is 5. The zero-order valence-electron chi connectivity index (χ0n) is 11.5. The lowest BCUT2D eigenvalue weighted by Gasteiger charge is -2.32. The van der Waals surface area contributed by atoms with Crippen LogP contribution in [0.5, 0.6) is 0 Å². The van der Waals surface area contributed by atoms with Crippen LogP contribution in [0.15, 0.2) is 4.99 Å². The summed E-state index contributed by atoms with van der Waals surface area (Å²) in [6.45, 7) is 2.56. The molecule has 0 aromatic carbocycles. The Balaban J connectivity index is 1.97. The summed E-state index contributed by atoms with van der Waals surface area (Å²) in [6, 6.07) is -0.759. The Morgan fingerprint density at radius 2 is 2.10 bits per heavy atom. The summed E-state index contributed by atoms with van der Waals surface area (Å²) in [6.07, 6.45) is 1.02. The number of urea groups is 1. The van der Waals surface area contributed by atoms with Crippen molar-refractivity contribution in [1.29, 1.82) is 0 Å². The summed E-state index contributed by atoms with van der Waals surface area (Å²) >= 11 is 3.43. The van der Waals surface area contributed by atoms with Crippen LogP contribution in [0.2, 0.25) is 0 Å². The fraction of sp³-hybridized carbons (Fsp3) is 0.667. The molecule has 0 spiro atoms. The Labute approximate surface area is 125 Å². The predicted molar refractivity (Wildman–Crippen MR) is 77.3 cm³/mol. The number of fused-ring (bicyclic) bond motifs is 3. The third kappa shape index (κ3) is 1.77. The number of halogens is 1. The van der Waals surface area contributed by atoms with Crippen molar-refractivity contribution in [3.8, 4) is 0 Å². The van der Waals surface area contributed by atoms with E-state index in [2.05, 4.69) is 25.5 Å². The molecular formula is C12H17BrN5O2+. The Morgan fingerprint density at radius 1 is 1.35 bits per heavy atom. The number of alkyl halides is 1. The van der Waals surface area contributed by atoms with Gasteiger partial charge in [0, 0.05) is 19.4 Å². The van der Waals surface area contributed by atoms with E-state index in [0.717, 1.165) is 37.3 Å². The van der Waals surface area contributed by atoms with Gasteiger partial charge in [-0.3, -0.25) is 19.2 Å². The van der Waals surface area contributed by atoms with Crippen LogP contribution >= 0.6 is 15.9 Å². The highest BCUT2D eigenvalue weighted by Crippen LogP contribution is 2.24. The van der Waals surface area contributed by atoms with E-state index < -0.39 is 6.04 Å². The summed E-state index contributed by atoms with van der Waals surface area (Å²) in [5.74, 6) is 1.19. The van der Waals surface area contributed by atoms with E-state index in [0.29, 0.717) is 5.84 Å². The molecule has 0 saturated carbocycles. The van der Waals surface area contributed by atoms with Gasteiger partial charge in [-0.2, -0.15) is 0 Å². The third-order valence-corrected chi connectivity index (χ3v) is 4.53. The summed E-state index contributed by atoms with van der Waals surface area (Å²) < 4.78 is 2.18. The first-order valence-corrected chi connectivity index (χ1v) is 7.76. The Morgan fingerprint density at radius 3 is 2.80 bits per heavy atom. The number of carbonyl (C=O) groups is 2. The van der Waals surface area contributed by atoms with Gasteiger partial charge in [-0.25, -0.2) is 9.69 Å². The van der Waals surface area contributed by atoms with Crippen molar-refractivity contribution in [1.82, 2.24) is 14.7 Å². The first-order valence-electron chi connectivity index (χ1n) is 6.64. The van der Waals surface area contributed by atoms with E-state index in [-0.39, 0.29) is 11.9 Å². The van der Waals surface area contributed by atoms with Crippen LogP contribution in [-0.2, 0) is 4.79 Å². The molecule has 0 radical (unpaired) electrons. The molecule has 1 fully saturated rings. The van der Waals surface area contributed by atoms with Crippen LogP contribution in [0.1, 0.15) is 6.42 Å². The first-order chi connectivity index (χ1) is 9.56. The number of rotatable bonds is 3. The van der Waals surface area contributed by atoms with Crippen LogP contribution < -0.4 is 0 Å². The van der Waals surface area contributed by atoms with E-state index in [4.69, 9.17) is 0 Å². The molecule has 3 aliphatic heterocycles. The van der Waals surface area contributed by atoms with Gasteiger partial charge in [0.05, 0.1) is 19.6 Å². The van der Waals surface area contributed by atoms with E-state index in [1.807, 2.05) is 4.90 Å². The Kier molecular flexibility index (Phi) is 3.27. The zero-order chi connectivity index (χ0) is 14.4. The second kappa shape index (κ2) is 4.83. The molecule has 7 nitrogen and oxygen atoms in total. The predicted octanol–water partition coefficient (Wildman–Crippen LogP) is -0.240. The minimum Gasteiger partial charge on any atom is -0.270 e. The number of amidine groups is 1. The van der Waals surface area contributed by atoms with Crippen molar-refractivity contribution in [3.63, 3.8) is 0 Å². The van der Waals surface area contributed by atoms with Crippen molar-refractivity contribution in [2.75, 3.05) is 39.1 Å². The van der Waals surface area contributed by atoms with Gasteiger partial charge in [0.15, 0.2) is 0 Å². The van der Waals surface area contributed by atoms with Gasteiger partial charge < -0.3 is 0 Å². The van der Waals surface area contributed by atoms with Crippen LogP contribution in [0.3, 0.4) is 0 Å². The number of amides is 3. The number of guanidine groups is 1. The molecule has 0 aromatic rings. The average Bonchev–Trinajstić information content (AvgIpc) is 2.99. The quantitative estimate of drug-likeness (QED) is 0.525. The topological polar surface area (TPSA) is 59.2 Å². The monoisotopic (exact) mass is 342 g/mol. The van der Waals surface area contributed by atoms with E-state index >= 15 is 0 Å². The lowest BCUT2D eigenvalue weighted by atomic mass is 10.1. The molecule has 0 aromatic heterocycles. The number of carbonyl (C=O) groups excluding carboxylic acids is 2. The lowest BCUT2D eigenvalue weighted by molar-refractivity contribution is -0.518. The van der Waals surface area contributed by atoms with Crippen LogP contribution in [-0.4, -0.2) is 88.1 Å². The molecule has 8 heteroatoms. The highest BCUT2D eigenvalue weighted by molar-refractivity contribution is 9.09. The SMILES string of the molecule is CN1C(=O)C2C(=NC3=[N+](CCCBr)CCN32)N(C)C1=O. The second-order valence-electron chi connectivity index (χ2n) is 5.13. The summed E-state index contributed by atoms with van der Waals surface area (Å²) in [5.41, 5.74) is 0. The van der Waals surface area contributed by atoms with E-state index in [9.17, 15) is 9.59 Å². The summed E-state index contributed by atoms with van der Waals surface area (Å²) in [5, 5.41) is 0.941. The van der Waals surface area contributed by atoms with E-state index in [1.165, 1.54) is 16.8 Å². The molecule has 3 amide bonds. The molecule has 3 rings (SSSR count). The highest BCUT2D eigenvalue weighted by Gasteiger charge is 2.56. The smallest absolute Gasteiger partial charge is 0.270 e. The maximum absolute atomic E-state index is 12.3. The van der Waals surface area contributed by atoms with E-state index in [1.54, 1.807) is 7.05 Å². The molecule has 3 aliphatic rings. The normalized spacial score (nSPS) is 25.4. The molecule has 20 heavy (non-hydrogen) atoms. The van der Waals surface area contributed by atoms with Crippen LogP contribution in [0.4, 0.5) is 4.79 Å². The summed E-state index contributed by atoms with van der Waals surface area (Å²) in [4.78, 5) is 33.5. The third-order valence-electron chi connectivity index (χ3n) is 3.97. The number of aliphatic imine (C=N–C) groups is 1. The first kappa shape index (κ1) is 13.5.